The number of aliphatic hydroxyl groups excluding tert-OH is 1. The zero-order chi connectivity index (χ0) is 26.3. The number of aromatic nitrogens is 1. The van der Waals surface area contributed by atoms with Crippen LogP contribution >= 0.6 is 11.3 Å². The number of anilines is 1. The third-order valence-corrected chi connectivity index (χ3v) is 7.57. The van der Waals surface area contributed by atoms with Crippen molar-refractivity contribution in [2.75, 3.05) is 18.6 Å². The zero-order valence-electron chi connectivity index (χ0n) is 20.9. The largest absolute Gasteiger partial charge is 0.507 e. The maximum absolute atomic E-state index is 13.4. The lowest BCUT2D eigenvalue weighted by atomic mass is 9.94. The molecular formula is C29H26N2O5S. The summed E-state index contributed by atoms with van der Waals surface area (Å²) in [4.78, 5) is 33.7. The summed E-state index contributed by atoms with van der Waals surface area (Å²) in [5.74, 6) is -0.312. The first-order valence-electron chi connectivity index (χ1n) is 11.9. The summed E-state index contributed by atoms with van der Waals surface area (Å²) in [6.45, 7) is 6.20. The van der Waals surface area contributed by atoms with E-state index in [2.05, 4.69) is 4.98 Å². The Balaban J connectivity index is 1.68. The van der Waals surface area contributed by atoms with E-state index in [-0.39, 0.29) is 11.3 Å². The molecule has 8 heteroatoms. The first kappa shape index (κ1) is 24.5. The summed E-state index contributed by atoms with van der Waals surface area (Å²) in [7, 11) is 1.60. The SMILES string of the molecule is CCOc1ccc(C2/C(=C(\O)c3ccc4cc(OC)ccc4c3)C(=O)C(=O)N2c2nc(C)c(C)s2)cc1. The average molecular weight is 515 g/mol. The molecule has 188 valence electrons. The second-order valence-electron chi connectivity index (χ2n) is 8.74. The minimum absolute atomic E-state index is 0.0209. The fourth-order valence-electron chi connectivity index (χ4n) is 4.47. The summed E-state index contributed by atoms with van der Waals surface area (Å²) in [6.07, 6.45) is 0. The molecule has 0 spiro atoms. The van der Waals surface area contributed by atoms with Gasteiger partial charge >= 0.3 is 5.91 Å². The van der Waals surface area contributed by atoms with Gasteiger partial charge < -0.3 is 14.6 Å². The monoisotopic (exact) mass is 514 g/mol. The van der Waals surface area contributed by atoms with Crippen LogP contribution in [0.3, 0.4) is 0 Å². The second kappa shape index (κ2) is 9.71. The maximum Gasteiger partial charge on any atom is 0.301 e. The van der Waals surface area contributed by atoms with Crippen molar-refractivity contribution < 1.29 is 24.2 Å². The Morgan fingerprint density at radius 1 is 1.00 bits per heavy atom. The highest BCUT2D eigenvalue weighted by Crippen LogP contribution is 2.44. The number of hydrogen-bond donors (Lipinski definition) is 1. The summed E-state index contributed by atoms with van der Waals surface area (Å²) in [5, 5.41) is 13.7. The average Bonchev–Trinajstić information content (AvgIpc) is 3.38. The molecule has 1 unspecified atom stereocenters. The van der Waals surface area contributed by atoms with Crippen molar-refractivity contribution in [3.8, 4) is 11.5 Å². The number of carbonyl (C=O) groups is 2. The first-order valence-corrected chi connectivity index (χ1v) is 12.7. The van der Waals surface area contributed by atoms with Crippen LogP contribution in [0.5, 0.6) is 11.5 Å². The number of ketones is 1. The van der Waals surface area contributed by atoms with Gasteiger partial charge in [0.05, 0.1) is 31.0 Å². The number of rotatable bonds is 6. The van der Waals surface area contributed by atoms with Crippen LogP contribution in [0.4, 0.5) is 5.13 Å². The lowest BCUT2D eigenvalue weighted by Gasteiger charge is -2.23. The number of ether oxygens (including phenoxy) is 2. The van der Waals surface area contributed by atoms with E-state index in [1.165, 1.54) is 16.2 Å². The number of aryl methyl sites for hydroxylation is 2. The number of methoxy groups -OCH3 is 1. The Morgan fingerprint density at radius 3 is 2.32 bits per heavy atom. The number of carbonyl (C=O) groups excluding carboxylic acids is 2. The van der Waals surface area contributed by atoms with Gasteiger partial charge in [-0.3, -0.25) is 14.5 Å². The molecule has 1 N–H and O–H groups in total. The van der Waals surface area contributed by atoms with Gasteiger partial charge in [-0.25, -0.2) is 4.98 Å². The van der Waals surface area contributed by atoms with Crippen LogP contribution in [0.25, 0.3) is 16.5 Å². The van der Waals surface area contributed by atoms with Crippen molar-refractivity contribution in [2.24, 2.45) is 0 Å². The quantitative estimate of drug-likeness (QED) is 0.194. The van der Waals surface area contributed by atoms with E-state index in [4.69, 9.17) is 9.47 Å². The summed E-state index contributed by atoms with van der Waals surface area (Å²) in [5.41, 5.74) is 1.92. The molecule has 0 radical (unpaired) electrons. The number of nitrogens with zero attached hydrogens (tertiary/aromatic N) is 2. The van der Waals surface area contributed by atoms with Gasteiger partial charge in [0.25, 0.3) is 5.78 Å². The van der Waals surface area contributed by atoms with Gasteiger partial charge in [0.2, 0.25) is 0 Å². The van der Waals surface area contributed by atoms with E-state index in [1.807, 2.05) is 57.2 Å². The highest BCUT2D eigenvalue weighted by molar-refractivity contribution is 7.16. The van der Waals surface area contributed by atoms with Crippen LogP contribution in [-0.2, 0) is 9.59 Å². The molecule has 7 nitrogen and oxygen atoms in total. The third kappa shape index (κ3) is 4.34. The van der Waals surface area contributed by atoms with E-state index in [1.54, 1.807) is 31.4 Å². The molecule has 1 amide bonds. The van der Waals surface area contributed by atoms with Crippen molar-refractivity contribution in [1.29, 1.82) is 0 Å². The van der Waals surface area contributed by atoms with Crippen LogP contribution in [0.2, 0.25) is 0 Å². The van der Waals surface area contributed by atoms with Gasteiger partial charge in [0, 0.05) is 10.4 Å². The van der Waals surface area contributed by atoms with E-state index >= 15 is 0 Å². The molecule has 0 bridgehead atoms. The Bertz CT molecular complexity index is 1540. The normalized spacial score (nSPS) is 17.0. The molecule has 4 aromatic rings. The Hall–Kier alpha value is -4.17. The smallest absolute Gasteiger partial charge is 0.301 e. The minimum Gasteiger partial charge on any atom is -0.507 e. The number of hydrogen-bond acceptors (Lipinski definition) is 7. The Morgan fingerprint density at radius 2 is 1.68 bits per heavy atom. The van der Waals surface area contributed by atoms with Crippen molar-refractivity contribution in [2.45, 2.75) is 26.8 Å². The standard InChI is InChI=1S/C29H26N2O5S/c1-5-36-22-11-8-18(9-12-22)25-24(27(33)28(34)31(25)29-30-16(2)17(3)37-29)26(32)21-7-6-20-15-23(35-4)13-10-19(20)14-21/h6-15,25,32H,5H2,1-4H3/b26-24+. The van der Waals surface area contributed by atoms with Crippen molar-refractivity contribution in [3.05, 3.63) is 87.9 Å². The summed E-state index contributed by atoms with van der Waals surface area (Å²) < 4.78 is 10.9. The molecule has 1 atom stereocenters. The van der Waals surface area contributed by atoms with Gasteiger partial charge in [-0.1, -0.05) is 30.3 Å². The van der Waals surface area contributed by atoms with Crippen LogP contribution in [0.15, 0.2) is 66.2 Å². The molecule has 0 aliphatic carbocycles. The van der Waals surface area contributed by atoms with E-state index < -0.39 is 17.7 Å². The number of Topliss-reactive ketones (excluding diaryl/α,β-unsaturated/α-hetero) is 1. The summed E-state index contributed by atoms with van der Waals surface area (Å²) in [6, 6.07) is 17.3. The molecule has 37 heavy (non-hydrogen) atoms. The second-order valence-corrected chi connectivity index (χ2v) is 9.92. The predicted molar refractivity (Wildman–Crippen MR) is 144 cm³/mol. The Kier molecular flexibility index (Phi) is 6.43. The molecule has 0 saturated carbocycles. The molecule has 3 aromatic carbocycles. The number of aliphatic hydroxyl groups is 1. The molecule has 1 aliphatic rings. The van der Waals surface area contributed by atoms with Gasteiger partial charge in [-0.2, -0.15) is 0 Å². The highest BCUT2D eigenvalue weighted by atomic mass is 32.1. The highest BCUT2D eigenvalue weighted by Gasteiger charge is 2.48. The topological polar surface area (TPSA) is 89.0 Å². The van der Waals surface area contributed by atoms with E-state index in [9.17, 15) is 14.7 Å². The lowest BCUT2D eigenvalue weighted by molar-refractivity contribution is -0.132. The minimum atomic E-state index is -0.841. The van der Waals surface area contributed by atoms with Crippen LogP contribution in [0, 0.1) is 13.8 Å². The third-order valence-electron chi connectivity index (χ3n) is 6.50. The van der Waals surface area contributed by atoms with Gasteiger partial charge in [-0.05, 0) is 67.4 Å². The fraction of sp³-hybridized carbons (Fsp3) is 0.207. The predicted octanol–water partition coefficient (Wildman–Crippen LogP) is 5.95. The molecule has 1 aromatic heterocycles. The molecule has 1 saturated heterocycles. The number of thiazole rings is 1. The molecule has 1 fully saturated rings. The zero-order valence-corrected chi connectivity index (χ0v) is 21.8. The van der Waals surface area contributed by atoms with Crippen molar-refractivity contribution in [3.63, 3.8) is 0 Å². The molecule has 1 aliphatic heterocycles. The Labute approximate surface area is 218 Å². The maximum atomic E-state index is 13.4. The van der Waals surface area contributed by atoms with Crippen molar-refractivity contribution in [1.82, 2.24) is 4.98 Å². The molecule has 5 rings (SSSR count). The first-order chi connectivity index (χ1) is 17.8. The lowest BCUT2D eigenvalue weighted by Crippen LogP contribution is -2.29. The number of benzene rings is 3. The molecule has 2 heterocycles. The van der Waals surface area contributed by atoms with Gasteiger partial charge in [-0.15, -0.1) is 11.3 Å². The van der Waals surface area contributed by atoms with E-state index in [0.29, 0.717) is 28.6 Å². The fourth-order valence-corrected chi connectivity index (χ4v) is 5.41. The van der Waals surface area contributed by atoms with Crippen LogP contribution in [0.1, 0.15) is 34.7 Å². The number of amides is 1. The van der Waals surface area contributed by atoms with E-state index in [0.717, 1.165) is 27.1 Å². The van der Waals surface area contributed by atoms with Gasteiger partial charge in [0.1, 0.15) is 17.3 Å². The summed E-state index contributed by atoms with van der Waals surface area (Å²) >= 11 is 1.34. The van der Waals surface area contributed by atoms with Crippen LogP contribution < -0.4 is 14.4 Å². The van der Waals surface area contributed by atoms with Gasteiger partial charge in [0.15, 0.2) is 5.13 Å². The van der Waals surface area contributed by atoms with Crippen LogP contribution in [-0.4, -0.2) is 35.5 Å². The molecular weight excluding hydrogens is 488 g/mol. The number of fused-ring (bicyclic) bond motifs is 1. The van der Waals surface area contributed by atoms with Crippen molar-refractivity contribution >= 4 is 44.7 Å².